The molecular weight excluding hydrogens is 493 g/mol. The number of hydrogen-bond acceptors (Lipinski definition) is 5. The van der Waals surface area contributed by atoms with E-state index in [2.05, 4.69) is 10.3 Å². The van der Waals surface area contributed by atoms with Crippen molar-refractivity contribution in [3.8, 4) is 11.4 Å². The van der Waals surface area contributed by atoms with E-state index in [1.165, 1.54) is 25.3 Å². The number of ether oxygens (including phenoxy) is 1. The molecule has 1 fully saturated rings. The third-order valence-electron chi connectivity index (χ3n) is 6.61. The number of aromatic nitrogens is 2. The molecule has 2 atom stereocenters. The maximum absolute atomic E-state index is 15.1. The molecule has 8 nitrogen and oxygen atoms in total. The van der Waals surface area contributed by atoms with E-state index in [1.54, 1.807) is 35.4 Å². The molecular formula is C27H24FN5O3S. The topological polar surface area (TPSA) is 85.5 Å². The molecule has 0 amide bonds. The molecule has 0 bridgehead atoms. The smallest absolute Gasteiger partial charge is 0.271 e. The summed E-state index contributed by atoms with van der Waals surface area (Å²) in [5.74, 6) is 0.0961. The third kappa shape index (κ3) is 4.19. The van der Waals surface area contributed by atoms with Crippen molar-refractivity contribution in [1.29, 1.82) is 0 Å². The van der Waals surface area contributed by atoms with Crippen LogP contribution in [0.4, 0.5) is 15.8 Å². The fourth-order valence-electron chi connectivity index (χ4n) is 5.00. The van der Waals surface area contributed by atoms with Crippen LogP contribution < -0.4 is 15.0 Å². The lowest BCUT2D eigenvalue weighted by Gasteiger charge is -2.28. The van der Waals surface area contributed by atoms with Gasteiger partial charge in [0.05, 0.1) is 41.2 Å². The van der Waals surface area contributed by atoms with Crippen LogP contribution in [0.3, 0.4) is 0 Å². The summed E-state index contributed by atoms with van der Waals surface area (Å²) in [6.07, 6.45) is 1.71. The molecule has 4 aromatic rings. The fraction of sp³-hybridized carbons (Fsp3) is 0.185. The van der Waals surface area contributed by atoms with Gasteiger partial charge in [-0.15, -0.1) is 0 Å². The number of anilines is 1. The number of hydrogen-bond donors (Lipinski definition) is 1. The van der Waals surface area contributed by atoms with Gasteiger partial charge in [0.15, 0.2) is 5.11 Å². The lowest BCUT2D eigenvalue weighted by atomic mass is 9.96. The Morgan fingerprint density at radius 2 is 1.84 bits per heavy atom. The summed E-state index contributed by atoms with van der Waals surface area (Å²) in [6.45, 7) is 3.84. The van der Waals surface area contributed by atoms with Crippen molar-refractivity contribution < 1.29 is 14.1 Å². The number of aryl methyl sites for hydroxylation is 1. The SMILES string of the molecule is COc1ccc([N+](=O)[O-])cc1-n1c(C)cc(C2C(c3ccccn3)NC(=S)N2c2ccccc2F)c1C. The van der Waals surface area contributed by atoms with E-state index in [-0.39, 0.29) is 11.7 Å². The van der Waals surface area contributed by atoms with Crippen LogP contribution >= 0.6 is 12.2 Å². The minimum atomic E-state index is -0.441. The van der Waals surface area contributed by atoms with Crippen molar-refractivity contribution in [2.75, 3.05) is 12.0 Å². The largest absolute Gasteiger partial charge is 0.495 e. The van der Waals surface area contributed by atoms with Gasteiger partial charge >= 0.3 is 0 Å². The first kappa shape index (κ1) is 24.4. The summed E-state index contributed by atoms with van der Waals surface area (Å²) in [6, 6.07) is 17.8. The maximum Gasteiger partial charge on any atom is 0.271 e. The number of nitro groups is 1. The Morgan fingerprint density at radius 3 is 2.51 bits per heavy atom. The van der Waals surface area contributed by atoms with E-state index in [4.69, 9.17) is 17.0 Å². The summed E-state index contributed by atoms with van der Waals surface area (Å²) in [7, 11) is 1.52. The first-order valence-corrected chi connectivity index (χ1v) is 12.0. The predicted octanol–water partition coefficient (Wildman–Crippen LogP) is 5.72. The van der Waals surface area contributed by atoms with Crippen LogP contribution in [0, 0.1) is 29.8 Å². The second-order valence-corrected chi connectivity index (χ2v) is 9.11. The number of non-ortho nitro benzene ring substituents is 1. The van der Waals surface area contributed by atoms with E-state index in [0.29, 0.717) is 22.2 Å². The number of halogens is 1. The number of rotatable bonds is 6. The summed E-state index contributed by atoms with van der Waals surface area (Å²) in [5, 5.41) is 15.2. The minimum absolute atomic E-state index is 0.0482. The molecule has 2 aromatic carbocycles. The van der Waals surface area contributed by atoms with Crippen LogP contribution in [0.15, 0.2) is 72.9 Å². The van der Waals surface area contributed by atoms with Crippen molar-refractivity contribution in [2.45, 2.75) is 25.9 Å². The van der Waals surface area contributed by atoms with Gasteiger partial charge in [0, 0.05) is 29.7 Å². The summed E-state index contributed by atoms with van der Waals surface area (Å²) < 4.78 is 22.5. The molecule has 5 rings (SSSR count). The number of thiocarbonyl (C=S) groups is 1. The standard InChI is InChI=1S/C27H24FN5O3S/c1-16-14-19(17(2)31(16)23-15-18(33(34)35)11-12-24(23)36-3)26-25(21-9-6-7-13-29-21)30-27(37)32(26)22-10-5-4-8-20(22)28/h4-15,25-26H,1-3H3,(H,30,37). The highest BCUT2D eigenvalue weighted by Gasteiger charge is 2.43. The normalized spacial score (nSPS) is 17.1. The molecule has 3 heterocycles. The number of benzene rings is 2. The van der Waals surface area contributed by atoms with Crippen molar-refractivity contribution >= 4 is 28.7 Å². The highest BCUT2D eigenvalue weighted by atomic mass is 32.1. The molecule has 188 valence electrons. The van der Waals surface area contributed by atoms with Gasteiger partial charge in [0.25, 0.3) is 5.69 Å². The van der Waals surface area contributed by atoms with E-state index >= 15 is 4.39 Å². The second-order valence-electron chi connectivity index (χ2n) is 8.72. The van der Waals surface area contributed by atoms with Gasteiger partial charge in [-0.2, -0.15) is 0 Å². The minimum Gasteiger partial charge on any atom is -0.495 e. The molecule has 0 spiro atoms. The van der Waals surface area contributed by atoms with Gasteiger partial charge in [-0.3, -0.25) is 15.1 Å². The fourth-order valence-corrected chi connectivity index (χ4v) is 5.34. The average Bonchev–Trinajstić information content (AvgIpc) is 3.39. The third-order valence-corrected chi connectivity index (χ3v) is 6.93. The molecule has 1 N–H and O–H groups in total. The number of para-hydroxylation sites is 1. The second kappa shape index (κ2) is 9.62. The Kier molecular flexibility index (Phi) is 6.34. The molecule has 1 saturated heterocycles. The highest BCUT2D eigenvalue weighted by molar-refractivity contribution is 7.80. The summed E-state index contributed by atoms with van der Waals surface area (Å²) >= 11 is 5.72. The van der Waals surface area contributed by atoms with Crippen LogP contribution in [0.25, 0.3) is 5.69 Å². The Morgan fingerprint density at radius 1 is 1.08 bits per heavy atom. The van der Waals surface area contributed by atoms with E-state index in [0.717, 1.165) is 22.6 Å². The quantitative estimate of drug-likeness (QED) is 0.199. The van der Waals surface area contributed by atoms with Crippen molar-refractivity contribution in [3.63, 3.8) is 0 Å². The maximum atomic E-state index is 15.1. The predicted molar refractivity (Wildman–Crippen MR) is 143 cm³/mol. The van der Waals surface area contributed by atoms with Gasteiger partial charge < -0.3 is 19.5 Å². The van der Waals surface area contributed by atoms with Gasteiger partial charge in [-0.05, 0) is 68.0 Å². The molecule has 10 heteroatoms. The van der Waals surface area contributed by atoms with Crippen molar-refractivity contribution in [2.24, 2.45) is 0 Å². The van der Waals surface area contributed by atoms with Crippen LogP contribution in [-0.4, -0.2) is 26.7 Å². The lowest BCUT2D eigenvalue weighted by Crippen LogP contribution is -2.30. The number of nitrogens with zero attached hydrogens (tertiary/aromatic N) is 4. The van der Waals surface area contributed by atoms with Crippen molar-refractivity contribution in [3.05, 3.63) is 112 Å². The van der Waals surface area contributed by atoms with Gasteiger partial charge in [-0.25, -0.2) is 4.39 Å². The number of methoxy groups -OCH3 is 1. The molecule has 0 saturated carbocycles. The van der Waals surface area contributed by atoms with Crippen LogP contribution in [0.2, 0.25) is 0 Å². The molecule has 1 aliphatic heterocycles. The lowest BCUT2D eigenvalue weighted by molar-refractivity contribution is -0.384. The van der Waals surface area contributed by atoms with Crippen molar-refractivity contribution in [1.82, 2.24) is 14.9 Å². The van der Waals surface area contributed by atoms with E-state index in [9.17, 15) is 10.1 Å². The average molecular weight is 518 g/mol. The molecule has 0 radical (unpaired) electrons. The Hall–Kier alpha value is -4.31. The first-order valence-electron chi connectivity index (χ1n) is 11.6. The Labute approximate surface area is 218 Å². The Bertz CT molecular complexity index is 1510. The zero-order chi connectivity index (χ0) is 26.3. The zero-order valence-corrected chi connectivity index (χ0v) is 21.2. The van der Waals surface area contributed by atoms with E-state index < -0.39 is 16.8 Å². The Balaban J connectivity index is 1.72. The number of pyridine rings is 1. The molecule has 37 heavy (non-hydrogen) atoms. The number of nitro benzene ring substituents is 1. The van der Waals surface area contributed by atoms with Gasteiger partial charge in [-0.1, -0.05) is 18.2 Å². The molecule has 0 aliphatic carbocycles. The van der Waals surface area contributed by atoms with Gasteiger partial charge in [0.1, 0.15) is 11.6 Å². The molecule has 1 aliphatic rings. The highest BCUT2D eigenvalue weighted by Crippen LogP contribution is 2.45. The summed E-state index contributed by atoms with van der Waals surface area (Å²) in [4.78, 5) is 17.4. The zero-order valence-electron chi connectivity index (χ0n) is 20.4. The molecule has 2 unspecified atom stereocenters. The van der Waals surface area contributed by atoms with E-state index in [1.807, 2.05) is 42.7 Å². The van der Waals surface area contributed by atoms with Crippen LogP contribution in [0.1, 0.15) is 34.7 Å². The van der Waals surface area contributed by atoms with Gasteiger partial charge in [0.2, 0.25) is 0 Å². The summed E-state index contributed by atoms with van der Waals surface area (Å²) in [5.41, 5.74) is 4.11. The monoisotopic (exact) mass is 517 g/mol. The molecule has 2 aromatic heterocycles. The van der Waals surface area contributed by atoms with Crippen LogP contribution in [-0.2, 0) is 0 Å². The first-order chi connectivity index (χ1) is 17.8. The van der Waals surface area contributed by atoms with Crippen LogP contribution in [0.5, 0.6) is 5.75 Å². The number of nitrogens with one attached hydrogen (secondary N) is 1.